The minimum atomic E-state index is -4.41. The summed E-state index contributed by atoms with van der Waals surface area (Å²) in [5.41, 5.74) is 6.21. The Morgan fingerprint density at radius 1 is 1.20 bits per heavy atom. The Labute approximate surface area is 116 Å². The van der Waals surface area contributed by atoms with Crippen LogP contribution in [0.15, 0.2) is 29.8 Å². The molecule has 0 saturated heterocycles. The molecule has 0 bridgehead atoms. The molecule has 1 aliphatic carbocycles. The van der Waals surface area contributed by atoms with E-state index >= 15 is 0 Å². The van der Waals surface area contributed by atoms with E-state index in [-0.39, 0.29) is 5.69 Å². The van der Waals surface area contributed by atoms with Gasteiger partial charge in [-0.15, -0.1) is 0 Å². The van der Waals surface area contributed by atoms with E-state index in [0.717, 1.165) is 25.3 Å². The van der Waals surface area contributed by atoms with Crippen molar-refractivity contribution in [2.45, 2.75) is 38.3 Å². The van der Waals surface area contributed by atoms with E-state index in [1.54, 1.807) is 6.07 Å². The van der Waals surface area contributed by atoms with E-state index in [9.17, 15) is 13.2 Å². The number of rotatable bonds is 4. The van der Waals surface area contributed by atoms with Crippen molar-refractivity contribution in [3.63, 3.8) is 0 Å². The van der Waals surface area contributed by atoms with E-state index in [4.69, 9.17) is 5.73 Å². The second kappa shape index (κ2) is 6.20. The molecule has 1 aliphatic rings. The minimum absolute atomic E-state index is 0.238. The molecule has 0 aromatic heterocycles. The number of allylic oxidation sites excluding steroid dienone is 1. The third-order valence-electron chi connectivity index (χ3n) is 3.52. The first-order valence-corrected chi connectivity index (χ1v) is 6.85. The summed E-state index contributed by atoms with van der Waals surface area (Å²) in [6.45, 7) is 0.646. The lowest BCUT2D eigenvalue weighted by Gasteiger charge is -2.15. The number of nitrogens with one attached hydrogen (secondary N) is 1. The van der Waals surface area contributed by atoms with Crippen LogP contribution < -0.4 is 11.1 Å². The summed E-state index contributed by atoms with van der Waals surface area (Å²) in [6.07, 6.45) is 3.40. The normalized spacial score (nSPS) is 15.8. The molecule has 0 heterocycles. The van der Waals surface area contributed by atoms with Crippen LogP contribution in [-0.4, -0.2) is 6.54 Å². The van der Waals surface area contributed by atoms with Gasteiger partial charge >= 0.3 is 6.18 Å². The number of benzene rings is 1. The molecule has 0 fully saturated rings. The Morgan fingerprint density at radius 2 is 2.00 bits per heavy atom. The molecule has 0 radical (unpaired) electrons. The molecule has 3 N–H and O–H groups in total. The van der Waals surface area contributed by atoms with E-state index in [0.29, 0.717) is 12.2 Å². The maximum atomic E-state index is 12.7. The van der Waals surface area contributed by atoms with Gasteiger partial charge in [0.2, 0.25) is 0 Å². The van der Waals surface area contributed by atoms with Crippen LogP contribution in [0, 0.1) is 0 Å². The van der Waals surface area contributed by atoms with Crippen LogP contribution in [0.2, 0.25) is 0 Å². The van der Waals surface area contributed by atoms with Crippen molar-refractivity contribution in [1.29, 1.82) is 0 Å². The zero-order valence-corrected chi connectivity index (χ0v) is 11.3. The summed E-state index contributed by atoms with van der Waals surface area (Å²) in [5, 5.41) is 3.04. The van der Waals surface area contributed by atoms with Gasteiger partial charge in [-0.2, -0.15) is 13.2 Å². The van der Waals surface area contributed by atoms with E-state index in [1.165, 1.54) is 24.5 Å². The molecule has 0 aliphatic heterocycles. The average molecular weight is 284 g/mol. The lowest BCUT2D eigenvalue weighted by atomic mass is 9.97. The standard InChI is InChI=1S/C15H19F3N2/c16-15(17,18)13-10-12(6-7-14(13)19)20-9-8-11-4-2-1-3-5-11/h4,6-7,10,20H,1-3,5,8-9,19H2. The molecular weight excluding hydrogens is 265 g/mol. The number of anilines is 2. The van der Waals surface area contributed by atoms with Gasteiger partial charge in [-0.1, -0.05) is 11.6 Å². The lowest BCUT2D eigenvalue weighted by Crippen LogP contribution is -2.11. The van der Waals surface area contributed by atoms with Crippen molar-refractivity contribution in [3.8, 4) is 0 Å². The summed E-state index contributed by atoms with van der Waals surface area (Å²) < 4.78 is 38.2. The van der Waals surface area contributed by atoms with Gasteiger partial charge in [-0.3, -0.25) is 0 Å². The molecule has 2 nitrogen and oxygen atoms in total. The highest BCUT2D eigenvalue weighted by Crippen LogP contribution is 2.35. The molecule has 1 aromatic carbocycles. The summed E-state index contributed by atoms with van der Waals surface area (Å²) in [4.78, 5) is 0. The van der Waals surface area contributed by atoms with Gasteiger partial charge in [-0.05, 0) is 50.3 Å². The lowest BCUT2D eigenvalue weighted by molar-refractivity contribution is -0.136. The van der Waals surface area contributed by atoms with Gasteiger partial charge in [-0.25, -0.2) is 0 Å². The van der Waals surface area contributed by atoms with E-state index < -0.39 is 11.7 Å². The topological polar surface area (TPSA) is 38.0 Å². The SMILES string of the molecule is Nc1ccc(NCCC2=CCCCC2)cc1C(F)(F)F. The Morgan fingerprint density at radius 3 is 2.65 bits per heavy atom. The van der Waals surface area contributed by atoms with Crippen molar-refractivity contribution < 1.29 is 13.2 Å². The van der Waals surface area contributed by atoms with Gasteiger partial charge < -0.3 is 11.1 Å². The summed E-state index contributed by atoms with van der Waals surface area (Å²) >= 11 is 0. The van der Waals surface area contributed by atoms with E-state index in [1.807, 2.05) is 0 Å². The van der Waals surface area contributed by atoms with Gasteiger partial charge in [0.15, 0.2) is 0 Å². The zero-order valence-electron chi connectivity index (χ0n) is 11.3. The van der Waals surface area contributed by atoms with Gasteiger partial charge in [0.1, 0.15) is 0 Å². The molecule has 0 spiro atoms. The molecule has 0 atom stereocenters. The Bertz CT molecular complexity index is 492. The van der Waals surface area contributed by atoms with Crippen LogP contribution in [-0.2, 0) is 6.18 Å². The Balaban J connectivity index is 1.94. The fourth-order valence-corrected chi connectivity index (χ4v) is 2.41. The predicted molar refractivity (Wildman–Crippen MR) is 75.5 cm³/mol. The molecule has 20 heavy (non-hydrogen) atoms. The highest BCUT2D eigenvalue weighted by Gasteiger charge is 2.33. The quantitative estimate of drug-likeness (QED) is 0.627. The van der Waals surface area contributed by atoms with Crippen LogP contribution in [0.25, 0.3) is 0 Å². The molecule has 1 aromatic rings. The first kappa shape index (κ1) is 14.8. The van der Waals surface area contributed by atoms with Crippen LogP contribution in [0.5, 0.6) is 0 Å². The number of halogens is 3. The fraction of sp³-hybridized carbons (Fsp3) is 0.467. The minimum Gasteiger partial charge on any atom is -0.398 e. The maximum Gasteiger partial charge on any atom is 0.418 e. The van der Waals surface area contributed by atoms with E-state index in [2.05, 4.69) is 11.4 Å². The first-order chi connectivity index (χ1) is 9.47. The molecular formula is C15H19F3N2. The van der Waals surface area contributed by atoms with Crippen LogP contribution in [0.4, 0.5) is 24.5 Å². The third-order valence-corrected chi connectivity index (χ3v) is 3.52. The first-order valence-electron chi connectivity index (χ1n) is 6.85. The monoisotopic (exact) mass is 284 g/mol. The molecule has 5 heteroatoms. The molecule has 0 amide bonds. The predicted octanol–water partition coefficient (Wildman–Crippen LogP) is 4.59. The van der Waals surface area contributed by atoms with Crippen molar-refractivity contribution in [2.24, 2.45) is 0 Å². The molecule has 0 unspecified atom stereocenters. The van der Waals surface area contributed by atoms with Crippen molar-refractivity contribution >= 4 is 11.4 Å². The second-order valence-corrected chi connectivity index (χ2v) is 5.08. The largest absolute Gasteiger partial charge is 0.418 e. The number of nitrogens with two attached hydrogens (primary N) is 1. The molecule has 2 rings (SSSR count). The summed E-state index contributed by atoms with van der Waals surface area (Å²) in [5.74, 6) is 0. The molecule has 110 valence electrons. The smallest absolute Gasteiger partial charge is 0.398 e. The Kier molecular flexibility index (Phi) is 4.57. The Hall–Kier alpha value is -1.65. The van der Waals surface area contributed by atoms with Crippen molar-refractivity contribution in [2.75, 3.05) is 17.6 Å². The maximum absolute atomic E-state index is 12.7. The van der Waals surface area contributed by atoms with Gasteiger partial charge in [0.05, 0.1) is 5.56 Å². The van der Waals surface area contributed by atoms with Gasteiger partial charge in [0, 0.05) is 17.9 Å². The number of nitrogen functional groups attached to an aromatic ring is 1. The summed E-state index contributed by atoms with van der Waals surface area (Å²) in [6, 6.07) is 3.95. The summed E-state index contributed by atoms with van der Waals surface area (Å²) in [7, 11) is 0. The van der Waals surface area contributed by atoms with Crippen LogP contribution in [0.3, 0.4) is 0 Å². The average Bonchev–Trinajstić information content (AvgIpc) is 2.40. The molecule has 0 saturated carbocycles. The van der Waals surface area contributed by atoms with Crippen molar-refractivity contribution in [1.82, 2.24) is 0 Å². The highest BCUT2D eigenvalue weighted by molar-refractivity contribution is 5.58. The van der Waals surface area contributed by atoms with Gasteiger partial charge in [0.25, 0.3) is 0 Å². The number of hydrogen-bond donors (Lipinski definition) is 2. The number of hydrogen-bond acceptors (Lipinski definition) is 2. The fourth-order valence-electron chi connectivity index (χ4n) is 2.41. The second-order valence-electron chi connectivity index (χ2n) is 5.08. The highest BCUT2D eigenvalue weighted by atomic mass is 19.4. The number of alkyl halides is 3. The zero-order chi connectivity index (χ0) is 14.6. The van der Waals surface area contributed by atoms with Crippen molar-refractivity contribution in [3.05, 3.63) is 35.4 Å². The van der Waals surface area contributed by atoms with Crippen LogP contribution in [0.1, 0.15) is 37.7 Å². The third kappa shape index (κ3) is 3.92. The van der Waals surface area contributed by atoms with Crippen LogP contribution >= 0.6 is 0 Å².